The van der Waals surface area contributed by atoms with Gasteiger partial charge in [-0.3, -0.25) is 4.90 Å². The molecule has 1 heterocycles. The molecule has 0 radical (unpaired) electrons. The number of ether oxygens (including phenoxy) is 2. The average Bonchev–Trinajstić information content (AvgIpc) is 3.49. The summed E-state index contributed by atoms with van der Waals surface area (Å²) in [5.41, 5.74) is 5.46. The van der Waals surface area contributed by atoms with E-state index in [4.69, 9.17) is 9.47 Å². The van der Waals surface area contributed by atoms with E-state index >= 15 is 0 Å². The Morgan fingerprint density at radius 3 is 1.65 bits per heavy atom. The highest BCUT2D eigenvalue weighted by molar-refractivity contribution is 5.75. The number of nitrogens with zero attached hydrogens (tertiary/aromatic N) is 4. The van der Waals surface area contributed by atoms with Crippen molar-refractivity contribution >= 4 is 6.03 Å². The van der Waals surface area contributed by atoms with Gasteiger partial charge in [-0.25, -0.2) is 4.79 Å². The Bertz CT molecular complexity index is 1480. The molecule has 1 aromatic heterocycles. The maximum atomic E-state index is 12.9. The fourth-order valence-electron chi connectivity index (χ4n) is 4.90. The summed E-state index contributed by atoms with van der Waals surface area (Å²) >= 11 is 0. The zero-order valence-electron chi connectivity index (χ0n) is 25.0. The Kier molecular flexibility index (Phi) is 9.87. The molecule has 0 fully saturated rings. The van der Waals surface area contributed by atoms with Crippen LogP contribution in [0.4, 0.5) is 4.79 Å². The van der Waals surface area contributed by atoms with Gasteiger partial charge in [-0.05, 0) is 66.1 Å². The zero-order valence-corrected chi connectivity index (χ0v) is 25.0. The number of benzene rings is 4. The van der Waals surface area contributed by atoms with Crippen molar-refractivity contribution in [2.24, 2.45) is 0 Å². The molecule has 5 rings (SSSR count). The second-order valence-corrected chi connectivity index (χ2v) is 10.7. The molecule has 0 unspecified atom stereocenters. The smallest absolute Gasteiger partial charge is 0.344 e. The number of hydrogen-bond donors (Lipinski definition) is 0. The van der Waals surface area contributed by atoms with Crippen molar-refractivity contribution < 1.29 is 14.3 Å². The molecule has 4 aromatic carbocycles. The SMILES string of the molecule is Cc1cnn(C(=O)N(C)CCN(C)C(c2ccc(OCc3ccccc3)cc2)c2ccc(OCc3ccccc3)cc2)c1. The summed E-state index contributed by atoms with van der Waals surface area (Å²) in [5.74, 6) is 1.64. The van der Waals surface area contributed by atoms with E-state index in [0.717, 1.165) is 39.3 Å². The maximum Gasteiger partial charge on any atom is 0.344 e. The van der Waals surface area contributed by atoms with E-state index in [1.165, 1.54) is 4.68 Å². The van der Waals surface area contributed by atoms with E-state index in [1.807, 2.05) is 67.6 Å². The van der Waals surface area contributed by atoms with Gasteiger partial charge in [-0.15, -0.1) is 0 Å². The zero-order chi connectivity index (χ0) is 30.0. The molecule has 0 bridgehead atoms. The van der Waals surface area contributed by atoms with Gasteiger partial charge in [-0.1, -0.05) is 84.9 Å². The van der Waals surface area contributed by atoms with Crippen molar-refractivity contribution in [3.63, 3.8) is 0 Å². The summed E-state index contributed by atoms with van der Waals surface area (Å²) in [4.78, 5) is 16.8. The molecule has 1 amide bonds. The molecule has 0 N–H and O–H groups in total. The first-order chi connectivity index (χ1) is 21.0. The number of aryl methyl sites for hydroxylation is 1. The molecule has 0 saturated carbocycles. The topological polar surface area (TPSA) is 59.8 Å². The van der Waals surface area contributed by atoms with Crippen LogP contribution in [0.25, 0.3) is 0 Å². The Balaban J connectivity index is 1.30. The fraction of sp³-hybridized carbons (Fsp3) is 0.222. The predicted molar refractivity (Wildman–Crippen MR) is 169 cm³/mol. The van der Waals surface area contributed by atoms with Crippen LogP contribution in [0.3, 0.4) is 0 Å². The molecule has 43 heavy (non-hydrogen) atoms. The van der Waals surface area contributed by atoms with Gasteiger partial charge in [0.05, 0.1) is 12.2 Å². The Labute approximate surface area is 253 Å². The molecule has 5 aromatic rings. The van der Waals surface area contributed by atoms with E-state index in [-0.39, 0.29) is 12.1 Å². The van der Waals surface area contributed by atoms with Crippen molar-refractivity contribution in [3.8, 4) is 11.5 Å². The molecule has 7 nitrogen and oxygen atoms in total. The van der Waals surface area contributed by atoms with Crippen molar-refractivity contribution in [1.82, 2.24) is 19.6 Å². The lowest BCUT2D eigenvalue weighted by molar-refractivity contribution is 0.193. The molecule has 0 aliphatic rings. The Morgan fingerprint density at radius 2 is 1.21 bits per heavy atom. The summed E-state index contributed by atoms with van der Waals surface area (Å²) in [6.07, 6.45) is 3.43. The summed E-state index contributed by atoms with van der Waals surface area (Å²) in [6, 6.07) is 36.6. The van der Waals surface area contributed by atoms with Crippen LogP contribution in [-0.2, 0) is 13.2 Å². The molecule has 7 heteroatoms. The number of likely N-dealkylation sites (N-methyl/N-ethyl adjacent to an activating group) is 2. The number of hydrogen-bond acceptors (Lipinski definition) is 5. The van der Waals surface area contributed by atoms with Crippen molar-refractivity contribution in [2.45, 2.75) is 26.2 Å². The van der Waals surface area contributed by atoms with Crippen LogP contribution < -0.4 is 9.47 Å². The summed E-state index contributed by atoms with van der Waals surface area (Å²) < 4.78 is 13.5. The van der Waals surface area contributed by atoms with Crippen LogP contribution in [0.5, 0.6) is 11.5 Å². The first-order valence-corrected chi connectivity index (χ1v) is 14.5. The van der Waals surface area contributed by atoms with Crippen molar-refractivity contribution in [3.05, 3.63) is 149 Å². The third kappa shape index (κ3) is 8.11. The standard InChI is InChI=1S/C36H38N4O3/c1-28-24-37-40(25-28)36(41)39(3)23-22-38(2)35(31-14-18-33(19-15-31)42-26-29-10-6-4-7-11-29)32-16-20-34(21-17-32)43-27-30-12-8-5-9-13-30/h4-21,24-25,35H,22-23,26-27H2,1-3H3. The summed E-state index contributed by atoms with van der Waals surface area (Å²) in [7, 11) is 3.89. The lowest BCUT2D eigenvalue weighted by atomic mass is 9.97. The van der Waals surface area contributed by atoms with Crippen LogP contribution in [0, 0.1) is 6.92 Å². The number of carbonyl (C=O) groups is 1. The van der Waals surface area contributed by atoms with E-state index < -0.39 is 0 Å². The van der Waals surface area contributed by atoms with Gasteiger partial charge in [0.25, 0.3) is 0 Å². The van der Waals surface area contributed by atoms with Crippen LogP contribution in [0.2, 0.25) is 0 Å². The minimum absolute atomic E-state index is 0.0400. The van der Waals surface area contributed by atoms with Gasteiger partial charge >= 0.3 is 6.03 Å². The quantitative estimate of drug-likeness (QED) is 0.161. The van der Waals surface area contributed by atoms with E-state index in [1.54, 1.807) is 24.3 Å². The van der Waals surface area contributed by atoms with Gasteiger partial charge in [0.15, 0.2) is 0 Å². The lowest BCUT2D eigenvalue weighted by Gasteiger charge is -2.31. The molecule has 0 spiro atoms. The first-order valence-electron chi connectivity index (χ1n) is 14.5. The number of rotatable bonds is 12. The minimum atomic E-state index is -0.155. The minimum Gasteiger partial charge on any atom is -0.489 e. The highest BCUT2D eigenvalue weighted by atomic mass is 16.5. The fourth-order valence-corrected chi connectivity index (χ4v) is 4.90. The highest BCUT2D eigenvalue weighted by Gasteiger charge is 2.21. The third-order valence-corrected chi connectivity index (χ3v) is 7.35. The maximum absolute atomic E-state index is 12.9. The van der Waals surface area contributed by atoms with Crippen LogP contribution in [0.1, 0.15) is 33.9 Å². The van der Waals surface area contributed by atoms with Gasteiger partial charge in [0.2, 0.25) is 0 Å². The molecule has 0 aliphatic carbocycles. The second kappa shape index (κ2) is 14.3. The van der Waals surface area contributed by atoms with Gasteiger partial charge in [0.1, 0.15) is 24.7 Å². The second-order valence-electron chi connectivity index (χ2n) is 10.7. The van der Waals surface area contributed by atoms with Crippen molar-refractivity contribution in [1.29, 1.82) is 0 Å². The molecule has 0 atom stereocenters. The molecule has 0 aliphatic heterocycles. The summed E-state index contributed by atoms with van der Waals surface area (Å²) in [6.45, 7) is 4.16. The number of aromatic nitrogens is 2. The molecule has 0 saturated heterocycles. The van der Waals surface area contributed by atoms with Crippen LogP contribution in [0.15, 0.2) is 122 Å². The van der Waals surface area contributed by atoms with Gasteiger partial charge in [-0.2, -0.15) is 9.78 Å². The average molecular weight is 575 g/mol. The number of carbonyl (C=O) groups excluding carboxylic acids is 1. The first kappa shape index (κ1) is 29.6. The Hall–Kier alpha value is -4.88. The monoisotopic (exact) mass is 574 g/mol. The highest BCUT2D eigenvalue weighted by Crippen LogP contribution is 2.30. The van der Waals surface area contributed by atoms with E-state index in [9.17, 15) is 4.79 Å². The third-order valence-electron chi connectivity index (χ3n) is 7.35. The van der Waals surface area contributed by atoms with Crippen LogP contribution in [-0.4, -0.2) is 52.8 Å². The lowest BCUT2D eigenvalue weighted by Crippen LogP contribution is -2.38. The largest absolute Gasteiger partial charge is 0.489 e. The van der Waals surface area contributed by atoms with E-state index in [0.29, 0.717) is 26.3 Å². The normalized spacial score (nSPS) is 11.1. The van der Waals surface area contributed by atoms with Gasteiger partial charge in [0, 0.05) is 26.3 Å². The molecule has 220 valence electrons. The molecular formula is C36H38N4O3. The number of amides is 1. The van der Waals surface area contributed by atoms with Crippen molar-refractivity contribution in [2.75, 3.05) is 27.2 Å². The predicted octanol–water partition coefficient (Wildman–Crippen LogP) is 6.97. The van der Waals surface area contributed by atoms with E-state index in [2.05, 4.69) is 65.6 Å². The summed E-state index contributed by atoms with van der Waals surface area (Å²) in [5, 5.41) is 4.17. The molecular weight excluding hydrogens is 536 g/mol. The van der Waals surface area contributed by atoms with Gasteiger partial charge < -0.3 is 14.4 Å². The Morgan fingerprint density at radius 1 is 0.721 bits per heavy atom. The van der Waals surface area contributed by atoms with Crippen LogP contribution >= 0.6 is 0 Å².